The molecule has 0 aromatic heterocycles. The van der Waals surface area contributed by atoms with Crippen LogP contribution in [0.5, 0.6) is 0 Å². The zero-order chi connectivity index (χ0) is 19.4. The maximum Gasteiger partial charge on any atom is 0.273 e. The molecule has 0 heterocycles. The van der Waals surface area contributed by atoms with E-state index in [0.717, 1.165) is 24.3 Å². The minimum Gasteiger partial charge on any atom is -0.357 e. The first-order chi connectivity index (χ1) is 12.2. The lowest BCUT2D eigenvalue weighted by Gasteiger charge is -2.18. The summed E-state index contributed by atoms with van der Waals surface area (Å²) < 4.78 is 26.6. The molecule has 26 heavy (non-hydrogen) atoms. The quantitative estimate of drug-likeness (QED) is 0.629. The van der Waals surface area contributed by atoms with E-state index in [1.54, 1.807) is 0 Å². The molecule has 2 N–H and O–H groups in total. The number of carbonyl (C=O) groups excluding carboxylic acids is 2. The first-order valence-corrected chi connectivity index (χ1v) is 7.47. The number of hydrogen-bond donors (Lipinski definition) is 2. The van der Waals surface area contributed by atoms with Gasteiger partial charge in [-0.3, -0.25) is 19.7 Å². The summed E-state index contributed by atoms with van der Waals surface area (Å²) in [5.41, 5.74) is 0.106. The third-order valence-electron chi connectivity index (χ3n) is 3.73. The summed E-state index contributed by atoms with van der Waals surface area (Å²) in [5, 5.41) is 15.7. The predicted octanol–water partition coefficient (Wildman–Crippen LogP) is 2.40. The van der Waals surface area contributed by atoms with E-state index >= 15 is 0 Å². The molecule has 0 saturated carbocycles. The molecule has 2 amide bonds. The monoisotopic (exact) mass is 363 g/mol. The number of nitrogens with one attached hydrogen (secondary N) is 2. The van der Waals surface area contributed by atoms with E-state index in [1.165, 1.54) is 26.1 Å². The molecular weight excluding hydrogens is 348 g/mol. The largest absolute Gasteiger partial charge is 0.357 e. The highest BCUT2D eigenvalue weighted by Gasteiger charge is 2.24. The van der Waals surface area contributed by atoms with Crippen molar-refractivity contribution in [3.05, 3.63) is 74.8 Å². The second kappa shape index (κ2) is 7.68. The fraction of sp³-hybridized carbons (Fsp3) is 0.176. The molecule has 2 rings (SSSR count). The lowest BCUT2D eigenvalue weighted by molar-refractivity contribution is -0.385. The molecule has 1 atom stereocenters. The SMILES string of the molecule is CNC(=O)C(NC(=O)c1ccc(C)c([N+](=O)[O-])c1)c1ccc(F)c(F)c1. The Labute approximate surface area is 147 Å². The second-order valence-electron chi connectivity index (χ2n) is 5.45. The van der Waals surface area contributed by atoms with E-state index in [-0.39, 0.29) is 16.8 Å². The number of carbonyl (C=O) groups is 2. The van der Waals surface area contributed by atoms with Gasteiger partial charge in [-0.25, -0.2) is 8.78 Å². The van der Waals surface area contributed by atoms with Gasteiger partial charge in [0.25, 0.3) is 11.6 Å². The van der Waals surface area contributed by atoms with Crippen LogP contribution in [0.3, 0.4) is 0 Å². The summed E-state index contributed by atoms with van der Waals surface area (Å²) in [4.78, 5) is 34.8. The lowest BCUT2D eigenvalue weighted by atomic mass is 10.0. The van der Waals surface area contributed by atoms with Crippen molar-refractivity contribution in [3.63, 3.8) is 0 Å². The number of nitro benzene ring substituents is 1. The Morgan fingerprint density at radius 2 is 1.81 bits per heavy atom. The van der Waals surface area contributed by atoms with Crippen molar-refractivity contribution in [2.45, 2.75) is 13.0 Å². The zero-order valence-electron chi connectivity index (χ0n) is 13.9. The van der Waals surface area contributed by atoms with Crippen LogP contribution < -0.4 is 10.6 Å². The number of nitro groups is 1. The van der Waals surface area contributed by atoms with Gasteiger partial charge in [0, 0.05) is 24.2 Å². The lowest BCUT2D eigenvalue weighted by Crippen LogP contribution is -2.39. The van der Waals surface area contributed by atoms with Gasteiger partial charge in [-0.1, -0.05) is 12.1 Å². The third-order valence-corrected chi connectivity index (χ3v) is 3.73. The van der Waals surface area contributed by atoms with Crippen LogP contribution in [0.15, 0.2) is 36.4 Å². The Morgan fingerprint density at radius 1 is 1.12 bits per heavy atom. The number of halogens is 2. The minimum atomic E-state index is -1.30. The molecule has 0 spiro atoms. The maximum absolute atomic E-state index is 13.5. The zero-order valence-corrected chi connectivity index (χ0v) is 13.9. The molecule has 0 radical (unpaired) electrons. The van der Waals surface area contributed by atoms with Gasteiger partial charge in [0.2, 0.25) is 5.91 Å². The van der Waals surface area contributed by atoms with Gasteiger partial charge in [-0.05, 0) is 30.7 Å². The number of aryl methyl sites for hydroxylation is 1. The van der Waals surface area contributed by atoms with E-state index in [1.807, 2.05) is 0 Å². The Bertz CT molecular complexity index is 886. The van der Waals surface area contributed by atoms with Crippen molar-refractivity contribution in [1.29, 1.82) is 0 Å². The molecule has 9 heteroatoms. The van der Waals surface area contributed by atoms with Gasteiger partial charge in [-0.2, -0.15) is 0 Å². The molecule has 2 aromatic rings. The fourth-order valence-electron chi connectivity index (χ4n) is 2.30. The van der Waals surface area contributed by atoms with E-state index in [0.29, 0.717) is 5.56 Å². The number of rotatable bonds is 5. The highest BCUT2D eigenvalue weighted by molar-refractivity contribution is 5.98. The Kier molecular flexibility index (Phi) is 5.61. The fourth-order valence-corrected chi connectivity index (χ4v) is 2.30. The molecule has 2 aromatic carbocycles. The topological polar surface area (TPSA) is 101 Å². The van der Waals surface area contributed by atoms with Crippen molar-refractivity contribution in [1.82, 2.24) is 10.6 Å². The molecular formula is C17H15F2N3O4. The summed E-state index contributed by atoms with van der Waals surface area (Å²) >= 11 is 0. The van der Waals surface area contributed by atoms with Gasteiger partial charge >= 0.3 is 0 Å². The van der Waals surface area contributed by atoms with Crippen LogP contribution in [-0.4, -0.2) is 23.8 Å². The minimum absolute atomic E-state index is 0.0261. The standard InChI is InChI=1S/C17H15F2N3O4/c1-9-3-4-11(8-14(9)22(25)26)16(23)21-15(17(24)20-2)10-5-6-12(18)13(19)7-10/h3-8,15H,1-2H3,(H,20,24)(H,21,23). The Hall–Kier alpha value is -3.36. The Balaban J connectivity index is 2.35. The average molecular weight is 363 g/mol. The van der Waals surface area contributed by atoms with Crippen LogP contribution in [0.25, 0.3) is 0 Å². The highest BCUT2D eigenvalue weighted by Crippen LogP contribution is 2.21. The van der Waals surface area contributed by atoms with Crippen LogP contribution in [0, 0.1) is 28.7 Å². The van der Waals surface area contributed by atoms with Gasteiger partial charge in [-0.15, -0.1) is 0 Å². The molecule has 0 aliphatic heterocycles. The van der Waals surface area contributed by atoms with Gasteiger partial charge in [0.1, 0.15) is 6.04 Å². The molecule has 0 aliphatic carbocycles. The predicted molar refractivity (Wildman–Crippen MR) is 88.5 cm³/mol. The van der Waals surface area contributed by atoms with Crippen molar-refractivity contribution in [2.24, 2.45) is 0 Å². The van der Waals surface area contributed by atoms with Gasteiger partial charge in [0.05, 0.1) is 4.92 Å². The van der Waals surface area contributed by atoms with E-state index < -0.39 is 34.4 Å². The number of hydrogen-bond acceptors (Lipinski definition) is 4. The summed E-state index contributed by atoms with van der Waals surface area (Å²) in [6.45, 7) is 1.52. The first kappa shape index (κ1) is 19.0. The number of amides is 2. The van der Waals surface area contributed by atoms with Gasteiger partial charge in [0.15, 0.2) is 11.6 Å². The maximum atomic E-state index is 13.5. The van der Waals surface area contributed by atoms with Crippen LogP contribution >= 0.6 is 0 Å². The normalized spacial score (nSPS) is 11.5. The van der Waals surface area contributed by atoms with Crippen LogP contribution in [0.2, 0.25) is 0 Å². The van der Waals surface area contributed by atoms with Crippen LogP contribution in [-0.2, 0) is 4.79 Å². The van der Waals surface area contributed by atoms with Gasteiger partial charge < -0.3 is 10.6 Å². The summed E-state index contributed by atoms with van der Waals surface area (Å²) in [6.07, 6.45) is 0. The highest BCUT2D eigenvalue weighted by atomic mass is 19.2. The van der Waals surface area contributed by atoms with E-state index in [2.05, 4.69) is 10.6 Å². The molecule has 0 fully saturated rings. The average Bonchev–Trinajstić information content (AvgIpc) is 2.61. The number of likely N-dealkylation sites (N-methyl/N-ethyl adjacent to an activating group) is 1. The summed E-state index contributed by atoms with van der Waals surface area (Å²) in [5.74, 6) is -3.70. The first-order valence-electron chi connectivity index (χ1n) is 7.47. The van der Waals surface area contributed by atoms with Crippen molar-refractivity contribution < 1.29 is 23.3 Å². The van der Waals surface area contributed by atoms with E-state index in [9.17, 15) is 28.5 Å². The molecule has 136 valence electrons. The molecule has 0 saturated heterocycles. The summed E-state index contributed by atoms with van der Waals surface area (Å²) in [7, 11) is 1.32. The van der Waals surface area contributed by atoms with E-state index in [4.69, 9.17) is 0 Å². The third kappa shape index (κ3) is 4.00. The molecule has 7 nitrogen and oxygen atoms in total. The summed E-state index contributed by atoms with van der Waals surface area (Å²) in [6, 6.07) is 5.34. The molecule has 0 aliphatic rings. The molecule has 0 bridgehead atoms. The van der Waals surface area contributed by atoms with Crippen molar-refractivity contribution in [2.75, 3.05) is 7.05 Å². The number of benzene rings is 2. The molecule has 1 unspecified atom stereocenters. The second-order valence-corrected chi connectivity index (χ2v) is 5.45. The van der Waals surface area contributed by atoms with Crippen LogP contribution in [0.1, 0.15) is 27.5 Å². The van der Waals surface area contributed by atoms with Crippen molar-refractivity contribution in [3.8, 4) is 0 Å². The number of nitrogens with zero attached hydrogens (tertiary/aromatic N) is 1. The smallest absolute Gasteiger partial charge is 0.273 e. The van der Waals surface area contributed by atoms with Crippen molar-refractivity contribution >= 4 is 17.5 Å². The van der Waals surface area contributed by atoms with Crippen LogP contribution in [0.4, 0.5) is 14.5 Å². The Morgan fingerprint density at radius 3 is 2.38 bits per heavy atom.